The monoisotopic (exact) mass is 475 g/mol. The summed E-state index contributed by atoms with van der Waals surface area (Å²) in [4.78, 5) is 34.3. The number of carbonyl (C=O) groups excluding carboxylic acids is 2. The number of fused-ring (bicyclic) bond motifs is 2. The third-order valence-electron chi connectivity index (χ3n) is 5.90. The Morgan fingerprint density at radius 1 is 1.15 bits per heavy atom. The van der Waals surface area contributed by atoms with Crippen LogP contribution in [0, 0.1) is 0 Å². The van der Waals surface area contributed by atoms with Crippen LogP contribution in [0.15, 0.2) is 66.2 Å². The minimum Gasteiger partial charge on any atom is -0.322 e. The first-order valence-electron chi connectivity index (χ1n) is 10.9. The normalized spacial score (nSPS) is 16.0. The van der Waals surface area contributed by atoms with E-state index in [2.05, 4.69) is 11.9 Å². The number of para-hydroxylation sites is 1. The maximum atomic E-state index is 13.4. The molecular weight excluding hydrogens is 454 g/mol. The predicted molar refractivity (Wildman–Crippen MR) is 136 cm³/mol. The highest BCUT2D eigenvalue weighted by molar-refractivity contribution is 7.16. The number of nitrogens with one attached hydrogen (secondary N) is 1. The van der Waals surface area contributed by atoms with Gasteiger partial charge >= 0.3 is 0 Å². The van der Waals surface area contributed by atoms with E-state index in [9.17, 15) is 9.59 Å². The summed E-state index contributed by atoms with van der Waals surface area (Å²) < 4.78 is 0. The van der Waals surface area contributed by atoms with Crippen LogP contribution < -0.4 is 10.2 Å². The van der Waals surface area contributed by atoms with Crippen molar-refractivity contribution in [2.45, 2.75) is 25.7 Å². The number of aliphatic imine (C=N–C) groups is 1. The first-order chi connectivity index (χ1) is 16.1. The van der Waals surface area contributed by atoms with E-state index in [1.807, 2.05) is 24.3 Å². The molecule has 2 aromatic carbocycles. The molecule has 0 saturated heterocycles. The van der Waals surface area contributed by atoms with Crippen molar-refractivity contribution < 1.29 is 9.59 Å². The number of carbonyl (C=O) groups is 2. The van der Waals surface area contributed by atoms with E-state index in [1.54, 1.807) is 35.2 Å². The lowest BCUT2D eigenvalue weighted by Gasteiger charge is -2.13. The zero-order valence-corrected chi connectivity index (χ0v) is 19.5. The van der Waals surface area contributed by atoms with Gasteiger partial charge in [0.2, 0.25) is 0 Å². The summed E-state index contributed by atoms with van der Waals surface area (Å²) in [5.74, 6) is -0.385. The molecule has 0 unspecified atom stereocenters. The van der Waals surface area contributed by atoms with Crippen molar-refractivity contribution in [3.63, 3.8) is 0 Å². The van der Waals surface area contributed by atoms with Crippen LogP contribution in [0.1, 0.15) is 39.2 Å². The molecule has 2 amide bonds. The minimum atomic E-state index is -0.210. The summed E-state index contributed by atoms with van der Waals surface area (Å²) in [6.45, 7) is 4.18. The molecule has 2 heterocycles. The number of aryl methyl sites for hydroxylation is 1. The molecule has 1 aliphatic heterocycles. The van der Waals surface area contributed by atoms with Gasteiger partial charge in [0, 0.05) is 27.7 Å². The van der Waals surface area contributed by atoms with Gasteiger partial charge in [-0.1, -0.05) is 35.9 Å². The lowest BCUT2D eigenvalue weighted by atomic mass is 9.95. The van der Waals surface area contributed by atoms with Gasteiger partial charge < -0.3 is 10.2 Å². The van der Waals surface area contributed by atoms with E-state index < -0.39 is 0 Å². The Morgan fingerprint density at radius 3 is 2.70 bits per heavy atom. The fraction of sp³-hybridized carbons (Fsp3) is 0.192. The molecule has 2 aliphatic rings. The lowest BCUT2D eigenvalue weighted by molar-refractivity contribution is -0.112. The largest absolute Gasteiger partial charge is 0.322 e. The maximum Gasteiger partial charge on any atom is 0.277 e. The van der Waals surface area contributed by atoms with Crippen molar-refractivity contribution in [2.24, 2.45) is 4.99 Å². The highest BCUT2D eigenvalue weighted by Gasteiger charge is 2.34. The van der Waals surface area contributed by atoms with Gasteiger partial charge in [0.25, 0.3) is 11.8 Å². The number of thiophene rings is 1. The van der Waals surface area contributed by atoms with Gasteiger partial charge in [-0.25, -0.2) is 4.99 Å². The second-order valence-electron chi connectivity index (χ2n) is 8.03. The maximum absolute atomic E-state index is 13.4. The molecule has 0 radical (unpaired) electrons. The standard InChI is InChI=1S/C26H22ClN3O2S/c1-2-15-30-20-9-5-3-7-18(20)23(26(30)32)29-25-22(19-8-4-6-10-21(19)33-25)24(31)28-17-13-11-16(27)12-14-17/h2-3,5,7,9,11-14H,1,4,6,8,10,15H2,(H,28,31). The number of hydrogen-bond acceptors (Lipinski definition) is 4. The molecule has 1 N–H and O–H groups in total. The van der Waals surface area contributed by atoms with E-state index in [4.69, 9.17) is 16.6 Å². The minimum absolute atomic E-state index is 0.175. The van der Waals surface area contributed by atoms with Crippen molar-refractivity contribution in [2.75, 3.05) is 16.8 Å². The molecule has 166 valence electrons. The van der Waals surface area contributed by atoms with Gasteiger partial charge in [-0.05, 0) is 61.6 Å². The van der Waals surface area contributed by atoms with Crippen molar-refractivity contribution in [1.82, 2.24) is 0 Å². The van der Waals surface area contributed by atoms with Crippen LogP contribution in [0.3, 0.4) is 0 Å². The van der Waals surface area contributed by atoms with Gasteiger partial charge in [-0.15, -0.1) is 17.9 Å². The molecular formula is C26H22ClN3O2S. The van der Waals surface area contributed by atoms with Crippen LogP contribution >= 0.6 is 22.9 Å². The highest BCUT2D eigenvalue weighted by Crippen LogP contribution is 2.42. The summed E-state index contributed by atoms with van der Waals surface area (Å²) in [7, 11) is 0. The lowest BCUT2D eigenvalue weighted by Crippen LogP contribution is -2.30. The average Bonchev–Trinajstić information content (AvgIpc) is 3.32. The molecule has 0 saturated carbocycles. The van der Waals surface area contributed by atoms with Crippen molar-refractivity contribution in [3.8, 4) is 0 Å². The summed E-state index contributed by atoms with van der Waals surface area (Å²) in [6.07, 6.45) is 5.60. The van der Waals surface area contributed by atoms with Gasteiger partial charge in [0.15, 0.2) is 0 Å². The third kappa shape index (κ3) is 4.01. The Hall–Kier alpha value is -3.22. The second-order valence-corrected chi connectivity index (χ2v) is 9.55. The van der Waals surface area contributed by atoms with E-state index in [-0.39, 0.29) is 11.8 Å². The number of halogens is 1. The molecule has 5 nitrogen and oxygen atoms in total. The van der Waals surface area contributed by atoms with Crippen LogP contribution in [-0.4, -0.2) is 24.1 Å². The Morgan fingerprint density at radius 2 is 1.91 bits per heavy atom. The third-order valence-corrected chi connectivity index (χ3v) is 7.34. The van der Waals surface area contributed by atoms with Crippen LogP contribution in [0.5, 0.6) is 0 Å². The van der Waals surface area contributed by atoms with Crippen LogP contribution in [0.4, 0.5) is 16.4 Å². The molecule has 33 heavy (non-hydrogen) atoms. The highest BCUT2D eigenvalue weighted by atomic mass is 35.5. The average molecular weight is 476 g/mol. The first-order valence-corrected chi connectivity index (χ1v) is 12.1. The van der Waals surface area contributed by atoms with Crippen molar-refractivity contribution >= 4 is 56.8 Å². The number of hydrogen-bond donors (Lipinski definition) is 1. The molecule has 0 atom stereocenters. The SMILES string of the molecule is C=CCN1C(=O)C(=Nc2sc3c(c2C(=O)Nc2ccc(Cl)cc2)CCCC3)c2ccccc21. The van der Waals surface area contributed by atoms with E-state index >= 15 is 0 Å². The zero-order valence-electron chi connectivity index (χ0n) is 17.9. The molecule has 0 fully saturated rings. The van der Waals surface area contributed by atoms with Gasteiger partial charge in [0.05, 0.1) is 11.3 Å². The van der Waals surface area contributed by atoms with E-state index in [0.29, 0.717) is 33.5 Å². The van der Waals surface area contributed by atoms with Crippen molar-refractivity contribution in [3.05, 3.63) is 87.8 Å². The summed E-state index contributed by atoms with van der Waals surface area (Å²) in [5.41, 5.74) is 4.25. The summed E-state index contributed by atoms with van der Waals surface area (Å²) in [5, 5.41) is 4.17. The van der Waals surface area contributed by atoms with Crippen LogP contribution in [0.25, 0.3) is 0 Å². The molecule has 1 aliphatic carbocycles. The smallest absolute Gasteiger partial charge is 0.277 e. The molecule has 7 heteroatoms. The Bertz CT molecular complexity index is 1290. The fourth-order valence-corrected chi connectivity index (χ4v) is 5.76. The predicted octanol–water partition coefficient (Wildman–Crippen LogP) is 6.19. The quantitative estimate of drug-likeness (QED) is 0.447. The van der Waals surface area contributed by atoms with Gasteiger partial charge in [-0.3, -0.25) is 9.59 Å². The van der Waals surface area contributed by atoms with Gasteiger partial charge in [0.1, 0.15) is 10.7 Å². The molecule has 1 aromatic heterocycles. The number of nitrogens with zero attached hydrogens (tertiary/aromatic N) is 2. The molecule has 5 rings (SSSR count). The fourth-order valence-electron chi connectivity index (χ4n) is 4.37. The van der Waals surface area contributed by atoms with Gasteiger partial charge in [-0.2, -0.15) is 0 Å². The van der Waals surface area contributed by atoms with Crippen molar-refractivity contribution in [1.29, 1.82) is 0 Å². The van der Waals surface area contributed by atoms with Crippen LogP contribution in [0.2, 0.25) is 5.02 Å². The number of rotatable bonds is 5. The summed E-state index contributed by atoms with van der Waals surface area (Å²) in [6, 6.07) is 14.6. The number of amides is 2. The van der Waals surface area contributed by atoms with E-state index in [0.717, 1.165) is 42.5 Å². The Labute approximate surface area is 201 Å². The number of benzene rings is 2. The Kier molecular flexibility index (Phi) is 5.87. The number of anilines is 2. The summed E-state index contributed by atoms with van der Waals surface area (Å²) >= 11 is 7.50. The Balaban J connectivity index is 1.59. The molecule has 3 aromatic rings. The zero-order chi connectivity index (χ0) is 22.9. The molecule has 0 spiro atoms. The van der Waals surface area contributed by atoms with E-state index in [1.165, 1.54) is 16.2 Å². The van der Waals surface area contributed by atoms with Crippen LogP contribution in [-0.2, 0) is 17.6 Å². The molecule has 0 bridgehead atoms. The topological polar surface area (TPSA) is 61.8 Å². The second kappa shape index (κ2) is 8.96. The first kappa shape index (κ1) is 21.6.